The number of hydrogen-bond donors (Lipinski definition) is 0. The zero-order valence-corrected chi connectivity index (χ0v) is 27.3. The summed E-state index contributed by atoms with van der Waals surface area (Å²) in [6.45, 7) is 4.46. The molecule has 2 amide bonds. The van der Waals surface area contributed by atoms with Crippen molar-refractivity contribution in [1.82, 2.24) is 9.80 Å². The maximum Gasteiger partial charge on any atom is 0.263 e. The Morgan fingerprint density at radius 3 is 1.30 bits per heavy atom. The van der Waals surface area contributed by atoms with Crippen molar-refractivity contribution in [2.75, 3.05) is 13.1 Å². The minimum Gasteiger partial charge on any atom is -0.479 e. The molecule has 0 saturated carbocycles. The molecule has 0 aliphatic heterocycles. The summed E-state index contributed by atoms with van der Waals surface area (Å²) in [6, 6.07) is 28.9. The molecule has 6 nitrogen and oxygen atoms in total. The lowest BCUT2D eigenvalue weighted by Crippen LogP contribution is -2.47. The van der Waals surface area contributed by atoms with Crippen molar-refractivity contribution in [1.29, 1.82) is 0 Å². The van der Waals surface area contributed by atoms with Crippen molar-refractivity contribution in [2.24, 2.45) is 0 Å². The minimum absolute atomic E-state index is 0.239. The number of halogens is 4. The smallest absolute Gasteiger partial charge is 0.263 e. The molecule has 0 aliphatic rings. The summed E-state index contributed by atoms with van der Waals surface area (Å²) in [5.41, 5.74) is 1.88. The van der Waals surface area contributed by atoms with Crippen LogP contribution in [-0.4, -0.2) is 46.9 Å². The summed E-state index contributed by atoms with van der Waals surface area (Å²) in [7, 11) is 0. The quantitative estimate of drug-likeness (QED) is 0.143. The van der Waals surface area contributed by atoms with Gasteiger partial charge in [-0.05, 0) is 61.4 Å². The van der Waals surface area contributed by atoms with Crippen LogP contribution in [-0.2, 0) is 22.7 Å². The lowest BCUT2D eigenvalue weighted by molar-refractivity contribution is -0.142. The number of rotatable bonds is 13. The highest BCUT2D eigenvalue weighted by atomic mass is 35.5. The molecule has 0 fully saturated rings. The van der Waals surface area contributed by atoms with Crippen LogP contribution < -0.4 is 9.47 Å². The van der Waals surface area contributed by atoms with E-state index in [2.05, 4.69) is 0 Å². The summed E-state index contributed by atoms with van der Waals surface area (Å²) >= 11 is 24.7. The van der Waals surface area contributed by atoms with Gasteiger partial charge in [-0.2, -0.15) is 0 Å². The van der Waals surface area contributed by atoms with Gasteiger partial charge in [0.25, 0.3) is 11.8 Å². The Morgan fingerprint density at radius 2 is 0.955 bits per heavy atom. The van der Waals surface area contributed by atoms with Crippen LogP contribution in [0.3, 0.4) is 0 Å². The second-order valence-corrected chi connectivity index (χ2v) is 11.8. The number of benzene rings is 4. The van der Waals surface area contributed by atoms with Crippen LogP contribution in [0.5, 0.6) is 11.5 Å². The Morgan fingerprint density at radius 1 is 0.591 bits per heavy atom. The van der Waals surface area contributed by atoms with Crippen LogP contribution in [0.4, 0.5) is 0 Å². The van der Waals surface area contributed by atoms with E-state index in [1.807, 2.05) is 60.7 Å². The van der Waals surface area contributed by atoms with Crippen LogP contribution in [0.25, 0.3) is 0 Å². The molecule has 0 heterocycles. The summed E-state index contributed by atoms with van der Waals surface area (Å²) in [5.74, 6) is 0.182. The molecule has 0 saturated heterocycles. The molecule has 0 spiro atoms. The third-order valence-electron chi connectivity index (χ3n) is 6.79. The van der Waals surface area contributed by atoms with Crippen LogP contribution >= 0.6 is 46.4 Å². The second-order valence-electron chi connectivity index (χ2n) is 10.2. The average Bonchev–Trinajstić information content (AvgIpc) is 3.01. The summed E-state index contributed by atoms with van der Waals surface area (Å²) in [4.78, 5) is 30.9. The van der Waals surface area contributed by atoms with Gasteiger partial charge < -0.3 is 19.3 Å². The van der Waals surface area contributed by atoms with Crippen LogP contribution in [0.1, 0.15) is 25.0 Å². The molecule has 0 unspecified atom stereocenters. The fraction of sp³-hybridized carbons (Fsp3) is 0.235. The summed E-state index contributed by atoms with van der Waals surface area (Å²) in [6.07, 6.45) is -1.71. The lowest BCUT2D eigenvalue weighted by Gasteiger charge is -2.31. The molecule has 4 aromatic rings. The number of nitrogens with zero attached hydrogens (tertiary/aromatic N) is 2. The highest BCUT2D eigenvalue weighted by molar-refractivity contribution is 6.36. The fourth-order valence-electron chi connectivity index (χ4n) is 4.52. The second kappa shape index (κ2) is 16.1. The highest BCUT2D eigenvalue weighted by Crippen LogP contribution is 2.30. The lowest BCUT2D eigenvalue weighted by atomic mass is 10.2. The number of carbonyl (C=O) groups excluding carboxylic acids is 2. The largest absolute Gasteiger partial charge is 0.479 e. The van der Waals surface area contributed by atoms with Crippen molar-refractivity contribution >= 4 is 58.2 Å². The number of hydrogen-bond acceptors (Lipinski definition) is 4. The Labute approximate surface area is 278 Å². The highest BCUT2D eigenvalue weighted by Gasteiger charge is 2.27. The van der Waals surface area contributed by atoms with Crippen molar-refractivity contribution in [3.8, 4) is 11.5 Å². The predicted octanol–water partition coefficient (Wildman–Crippen LogP) is 8.59. The van der Waals surface area contributed by atoms with E-state index in [0.29, 0.717) is 44.7 Å². The first kappa shape index (κ1) is 33.5. The van der Waals surface area contributed by atoms with Crippen LogP contribution in [0.2, 0.25) is 20.1 Å². The molecule has 10 heteroatoms. The Balaban J connectivity index is 1.54. The molecule has 4 aromatic carbocycles. The van der Waals surface area contributed by atoms with Crippen LogP contribution in [0.15, 0.2) is 97.1 Å². The van der Waals surface area contributed by atoms with Gasteiger partial charge in [0.05, 0.1) is 10.0 Å². The Hall–Kier alpha value is -3.42. The Kier molecular flexibility index (Phi) is 12.2. The standard InChI is InChI=1S/C34H32Cl4N2O4/c1-23(43-31-15-13-27(35)19-29(31)37)33(41)39(21-25-9-5-3-6-10-25)17-18-40(22-26-11-7-4-8-12-26)34(42)24(2)44-32-16-14-28(36)20-30(32)38/h3-16,19-20,23-24H,17-18,21-22H2,1-2H3/t23-,24-/m0/s1. The van der Waals surface area contributed by atoms with Crippen molar-refractivity contribution in [3.05, 3.63) is 128 Å². The zero-order chi connectivity index (χ0) is 31.6. The average molecular weight is 674 g/mol. The van der Waals surface area contributed by atoms with E-state index in [0.717, 1.165) is 11.1 Å². The van der Waals surface area contributed by atoms with E-state index in [-0.39, 0.29) is 24.9 Å². The predicted molar refractivity (Wildman–Crippen MR) is 177 cm³/mol. The van der Waals surface area contributed by atoms with Gasteiger partial charge in [0.1, 0.15) is 11.5 Å². The van der Waals surface area contributed by atoms with Gasteiger partial charge in [-0.3, -0.25) is 9.59 Å². The van der Waals surface area contributed by atoms with Crippen molar-refractivity contribution in [2.45, 2.75) is 39.1 Å². The molecule has 44 heavy (non-hydrogen) atoms. The van der Waals surface area contributed by atoms with E-state index >= 15 is 0 Å². The molecule has 2 atom stereocenters. The molecule has 230 valence electrons. The molecule has 0 N–H and O–H groups in total. The van der Waals surface area contributed by atoms with E-state index in [9.17, 15) is 9.59 Å². The van der Waals surface area contributed by atoms with Crippen molar-refractivity contribution < 1.29 is 19.1 Å². The monoisotopic (exact) mass is 672 g/mol. The zero-order valence-electron chi connectivity index (χ0n) is 24.3. The minimum atomic E-state index is -0.857. The molecule has 0 radical (unpaired) electrons. The third kappa shape index (κ3) is 9.54. The summed E-state index contributed by atoms with van der Waals surface area (Å²) < 4.78 is 11.9. The first-order valence-electron chi connectivity index (χ1n) is 14.0. The van der Waals surface area contributed by atoms with Gasteiger partial charge in [-0.1, -0.05) is 107 Å². The van der Waals surface area contributed by atoms with E-state index < -0.39 is 12.2 Å². The van der Waals surface area contributed by atoms with Gasteiger partial charge in [0.2, 0.25) is 0 Å². The Bertz CT molecular complexity index is 1440. The van der Waals surface area contributed by atoms with Gasteiger partial charge in [0.15, 0.2) is 12.2 Å². The van der Waals surface area contributed by atoms with Gasteiger partial charge in [-0.25, -0.2) is 0 Å². The van der Waals surface area contributed by atoms with Gasteiger partial charge in [-0.15, -0.1) is 0 Å². The maximum absolute atomic E-state index is 13.8. The number of carbonyl (C=O) groups is 2. The third-order valence-corrected chi connectivity index (χ3v) is 7.85. The molecule has 0 aromatic heterocycles. The van der Waals surface area contributed by atoms with Gasteiger partial charge in [0, 0.05) is 36.2 Å². The first-order valence-corrected chi connectivity index (χ1v) is 15.5. The molecule has 4 rings (SSSR count). The molecular weight excluding hydrogens is 642 g/mol. The van der Waals surface area contributed by atoms with Crippen LogP contribution in [0, 0.1) is 0 Å². The van der Waals surface area contributed by atoms with E-state index in [1.165, 1.54) is 0 Å². The molecule has 0 bridgehead atoms. The molecular formula is C34H32Cl4N2O4. The maximum atomic E-state index is 13.8. The summed E-state index contributed by atoms with van der Waals surface area (Å²) in [5, 5.41) is 1.54. The molecule has 0 aliphatic carbocycles. The first-order chi connectivity index (χ1) is 21.1. The number of ether oxygens (including phenoxy) is 2. The van der Waals surface area contributed by atoms with Crippen molar-refractivity contribution in [3.63, 3.8) is 0 Å². The SMILES string of the molecule is C[C@H](Oc1ccc(Cl)cc1Cl)C(=O)N(CCN(Cc1ccccc1)C(=O)[C@H](C)Oc1ccc(Cl)cc1Cl)Cc1ccccc1. The fourth-order valence-corrected chi connectivity index (χ4v) is 5.43. The normalized spacial score (nSPS) is 12.2. The van der Waals surface area contributed by atoms with E-state index in [1.54, 1.807) is 60.0 Å². The van der Waals surface area contributed by atoms with Gasteiger partial charge >= 0.3 is 0 Å². The topological polar surface area (TPSA) is 59.1 Å². The van der Waals surface area contributed by atoms with E-state index in [4.69, 9.17) is 55.9 Å². The number of amides is 2.